The van der Waals surface area contributed by atoms with Gasteiger partial charge in [-0.15, -0.1) is 0 Å². The fraction of sp³-hybridized carbons (Fsp3) is 0.250. The van der Waals surface area contributed by atoms with E-state index in [1.807, 2.05) is 42.5 Å². The van der Waals surface area contributed by atoms with Crippen molar-refractivity contribution in [3.8, 4) is 5.75 Å². The van der Waals surface area contributed by atoms with Crippen molar-refractivity contribution in [3.63, 3.8) is 0 Å². The van der Waals surface area contributed by atoms with E-state index in [-0.39, 0.29) is 18.0 Å². The Hall–Kier alpha value is -3.15. The number of nitrogens with one attached hydrogen (secondary N) is 1. The molecule has 0 saturated carbocycles. The lowest BCUT2D eigenvalue weighted by molar-refractivity contribution is 0.295. The lowest BCUT2D eigenvalue weighted by Crippen LogP contribution is -2.11. The summed E-state index contributed by atoms with van der Waals surface area (Å²) in [6, 6.07) is 17.7. The number of nitrogen functional groups attached to an aromatic ring is 1. The average molecular weight is 349 g/mol. The largest absolute Gasteiger partial charge is 0.486 e. The van der Waals surface area contributed by atoms with E-state index in [9.17, 15) is 0 Å². The smallest absolute Gasteiger partial charge is 0.232 e. The van der Waals surface area contributed by atoms with E-state index in [0.29, 0.717) is 11.8 Å². The SMILES string of the molecule is CC(C)(C)c1ccc(OCc2nc(N)nc(Nc3ccccc3)n2)cc1. The standard InChI is InChI=1S/C20H23N5O/c1-20(2,3)14-9-11-16(12-10-14)26-13-17-23-18(21)25-19(24-17)22-15-7-5-4-6-8-15/h4-12H,13H2,1-3H3,(H3,21,22,23,24,25). The van der Waals surface area contributed by atoms with Crippen molar-refractivity contribution < 1.29 is 4.74 Å². The van der Waals surface area contributed by atoms with Crippen LogP contribution in [0.5, 0.6) is 5.75 Å². The third-order valence-electron chi connectivity index (χ3n) is 3.82. The second-order valence-corrected chi connectivity index (χ2v) is 6.99. The second-order valence-electron chi connectivity index (χ2n) is 6.99. The van der Waals surface area contributed by atoms with Gasteiger partial charge in [-0.3, -0.25) is 0 Å². The first kappa shape index (κ1) is 17.7. The number of hydrogen-bond donors (Lipinski definition) is 2. The Balaban J connectivity index is 1.68. The van der Waals surface area contributed by atoms with Crippen LogP contribution in [0.2, 0.25) is 0 Å². The van der Waals surface area contributed by atoms with Crippen molar-refractivity contribution in [1.29, 1.82) is 0 Å². The number of nitrogens with two attached hydrogens (primary N) is 1. The highest BCUT2D eigenvalue weighted by Gasteiger charge is 2.13. The molecule has 3 rings (SSSR count). The van der Waals surface area contributed by atoms with Crippen LogP contribution < -0.4 is 15.8 Å². The molecule has 0 fully saturated rings. The molecule has 0 unspecified atom stereocenters. The molecule has 1 heterocycles. The van der Waals surface area contributed by atoms with Crippen LogP contribution in [-0.2, 0) is 12.0 Å². The lowest BCUT2D eigenvalue weighted by atomic mass is 9.87. The summed E-state index contributed by atoms with van der Waals surface area (Å²) in [5.74, 6) is 1.77. The fourth-order valence-electron chi connectivity index (χ4n) is 2.41. The molecule has 134 valence electrons. The van der Waals surface area contributed by atoms with Crippen LogP contribution in [0.4, 0.5) is 17.6 Å². The molecule has 6 heteroatoms. The van der Waals surface area contributed by atoms with E-state index in [4.69, 9.17) is 10.5 Å². The van der Waals surface area contributed by atoms with Crippen molar-refractivity contribution in [3.05, 3.63) is 66.0 Å². The Morgan fingerprint density at radius 1 is 0.923 bits per heavy atom. The number of rotatable bonds is 5. The predicted molar refractivity (Wildman–Crippen MR) is 103 cm³/mol. The summed E-state index contributed by atoms with van der Waals surface area (Å²) in [6.07, 6.45) is 0. The van der Waals surface area contributed by atoms with Gasteiger partial charge in [-0.25, -0.2) is 0 Å². The van der Waals surface area contributed by atoms with Crippen LogP contribution in [0.25, 0.3) is 0 Å². The Morgan fingerprint density at radius 2 is 1.62 bits per heavy atom. The zero-order valence-electron chi connectivity index (χ0n) is 15.2. The number of para-hydroxylation sites is 1. The lowest BCUT2D eigenvalue weighted by Gasteiger charge is -2.19. The molecule has 0 bridgehead atoms. The Labute approximate surface area is 153 Å². The predicted octanol–water partition coefficient (Wildman–Crippen LogP) is 4.07. The molecule has 0 spiro atoms. The van der Waals surface area contributed by atoms with Crippen molar-refractivity contribution in [2.24, 2.45) is 0 Å². The molecule has 3 aromatic rings. The maximum atomic E-state index is 5.79. The Kier molecular flexibility index (Phi) is 5.02. The number of nitrogens with zero attached hydrogens (tertiary/aromatic N) is 3. The van der Waals surface area contributed by atoms with Crippen LogP contribution in [0.3, 0.4) is 0 Å². The minimum absolute atomic E-state index is 0.110. The topological polar surface area (TPSA) is 86.0 Å². The normalized spacial score (nSPS) is 11.2. The monoisotopic (exact) mass is 349 g/mol. The fourth-order valence-corrected chi connectivity index (χ4v) is 2.41. The highest BCUT2D eigenvalue weighted by Crippen LogP contribution is 2.24. The summed E-state index contributed by atoms with van der Waals surface area (Å²) in [5.41, 5.74) is 8.03. The third kappa shape index (κ3) is 4.69. The molecule has 26 heavy (non-hydrogen) atoms. The first-order valence-corrected chi connectivity index (χ1v) is 8.46. The van der Waals surface area contributed by atoms with Crippen LogP contribution in [-0.4, -0.2) is 15.0 Å². The molecule has 6 nitrogen and oxygen atoms in total. The molecular formula is C20H23N5O. The molecule has 1 aromatic heterocycles. The molecule has 0 aliphatic heterocycles. The van der Waals surface area contributed by atoms with Crippen LogP contribution in [0, 0.1) is 0 Å². The van der Waals surface area contributed by atoms with E-state index in [1.54, 1.807) is 0 Å². The molecule has 0 saturated heterocycles. The molecule has 0 aliphatic rings. The molecule has 0 aliphatic carbocycles. The summed E-state index contributed by atoms with van der Waals surface area (Å²) in [5, 5.41) is 3.11. The van der Waals surface area contributed by atoms with Crippen LogP contribution in [0.1, 0.15) is 32.2 Å². The van der Waals surface area contributed by atoms with Crippen molar-refractivity contribution in [2.75, 3.05) is 11.1 Å². The number of benzene rings is 2. The van der Waals surface area contributed by atoms with Gasteiger partial charge in [0.05, 0.1) is 0 Å². The van der Waals surface area contributed by atoms with E-state index in [1.165, 1.54) is 5.56 Å². The number of hydrogen-bond acceptors (Lipinski definition) is 6. The maximum absolute atomic E-state index is 5.79. The third-order valence-corrected chi connectivity index (χ3v) is 3.82. The van der Waals surface area contributed by atoms with E-state index in [0.717, 1.165) is 11.4 Å². The minimum atomic E-state index is 0.110. The summed E-state index contributed by atoms with van der Waals surface area (Å²) in [4.78, 5) is 12.6. The quantitative estimate of drug-likeness (QED) is 0.722. The van der Waals surface area contributed by atoms with Gasteiger partial charge in [0.2, 0.25) is 11.9 Å². The Morgan fingerprint density at radius 3 is 2.27 bits per heavy atom. The molecular weight excluding hydrogens is 326 g/mol. The van der Waals surface area contributed by atoms with Crippen molar-refractivity contribution >= 4 is 17.6 Å². The zero-order valence-corrected chi connectivity index (χ0v) is 15.2. The number of aromatic nitrogens is 3. The van der Waals surface area contributed by atoms with Gasteiger partial charge < -0.3 is 15.8 Å². The first-order chi connectivity index (χ1) is 12.4. The zero-order chi connectivity index (χ0) is 18.6. The maximum Gasteiger partial charge on any atom is 0.232 e. The van der Waals surface area contributed by atoms with Crippen molar-refractivity contribution in [2.45, 2.75) is 32.8 Å². The molecule has 2 aromatic carbocycles. The summed E-state index contributed by atoms with van der Waals surface area (Å²) >= 11 is 0. The van der Waals surface area contributed by atoms with E-state index < -0.39 is 0 Å². The second kappa shape index (κ2) is 7.39. The number of anilines is 3. The summed E-state index contributed by atoms with van der Waals surface area (Å²) in [7, 11) is 0. The average Bonchev–Trinajstić information content (AvgIpc) is 2.60. The highest BCUT2D eigenvalue weighted by molar-refractivity contribution is 5.53. The molecule has 3 N–H and O–H groups in total. The number of ether oxygens (including phenoxy) is 1. The van der Waals surface area contributed by atoms with E-state index in [2.05, 4.69) is 53.2 Å². The van der Waals surface area contributed by atoms with Crippen molar-refractivity contribution in [1.82, 2.24) is 15.0 Å². The molecule has 0 radical (unpaired) electrons. The molecule has 0 amide bonds. The van der Waals surface area contributed by atoms with Gasteiger partial charge in [-0.1, -0.05) is 51.1 Å². The van der Waals surface area contributed by atoms with Crippen LogP contribution >= 0.6 is 0 Å². The summed E-state index contributed by atoms with van der Waals surface area (Å²) in [6.45, 7) is 6.75. The first-order valence-electron chi connectivity index (χ1n) is 8.46. The highest BCUT2D eigenvalue weighted by atomic mass is 16.5. The van der Waals surface area contributed by atoms with Gasteiger partial charge in [-0.2, -0.15) is 15.0 Å². The van der Waals surface area contributed by atoms with Gasteiger partial charge in [-0.05, 0) is 35.2 Å². The van der Waals surface area contributed by atoms with Gasteiger partial charge in [0.25, 0.3) is 0 Å². The van der Waals surface area contributed by atoms with Crippen LogP contribution in [0.15, 0.2) is 54.6 Å². The Bertz CT molecular complexity index is 858. The molecule has 0 atom stereocenters. The summed E-state index contributed by atoms with van der Waals surface area (Å²) < 4.78 is 5.78. The minimum Gasteiger partial charge on any atom is -0.486 e. The van der Waals surface area contributed by atoms with Gasteiger partial charge in [0.1, 0.15) is 12.4 Å². The van der Waals surface area contributed by atoms with Gasteiger partial charge in [0.15, 0.2) is 5.82 Å². The van der Waals surface area contributed by atoms with Gasteiger partial charge >= 0.3 is 0 Å². The van der Waals surface area contributed by atoms with Gasteiger partial charge in [0, 0.05) is 5.69 Å². The van der Waals surface area contributed by atoms with E-state index >= 15 is 0 Å².